The fourth-order valence-corrected chi connectivity index (χ4v) is 1.81. The fourth-order valence-electron chi connectivity index (χ4n) is 0.877. The highest BCUT2D eigenvalue weighted by Crippen LogP contribution is 2.25. The van der Waals surface area contributed by atoms with Gasteiger partial charge in [0.05, 0.1) is 6.61 Å². The van der Waals surface area contributed by atoms with Crippen molar-refractivity contribution in [1.29, 1.82) is 0 Å². The molecule has 0 bridgehead atoms. The van der Waals surface area contributed by atoms with Gasteiger partial charge in [0, 0.05) is 17.1 Å². The summed E-state index contributed by atoms with van der Waals surface area (Å²) < 4.78 is 0. The van der Waals surface area contributed by atoms with Crippen LogP contribution in [0.5, 0.6) is 0 Å². The van der Waals surface area contributed by atoms with Gasteiger partial charge in [0.1, 0.15) is 0 Å². The molecule has 4 heteroatoms. The molecule has 0 aliphatic rings. The lowest BCUT2D eigenvalue weighted by atomic mass is 10.2. The van der Waals surface area contributed by atoms with Crippen molar-refractivity contribution in [3.63, 3.8) is 0 Å². The molecule has 0 amide bonds. The van der Waals surface area contributed by atoms with E-state index in [4.69, 9.17) is 5.11 Å². The third-order valence-electron chi connectivity index (χ3n) is 1.74. The van der Waals surface area contributed by atoms with E-state index in [1.165, 1.54) is 4.88 Å². The van der Waals surface area contributed by atoms with Gasteiger partial charge in [-0.3, -0.25) is 0 Å². The average molecular weight is 200 g/mol. The van der Waals surface area contributed by atoms with Crippen LogP contribution < -0.4 is 5.32 Å². The Balaban J connectivity index is 2.58. The van der Waals surface area contributed by atoms with Crippen molar-refractivity contribution in [3.05, 3.63) is 11.1 Å². The molecule has 0 aliphatic heterocycles. The zero-order valence-electron chi connectivity index (χ0n) is 8.24. The molecule has 0 aliphatic carbocycles. The van der Waals surface area contributed by atoms with E-state index in [0.29, 0.717) is 5.92 Å². The Hall–Kier alpha value is -0.610. The Labute approximate surface area is 82.8 Å². The second kappa shape index (κ2) is 4.58. The summed E-state index contributed by atoms with van der Waals surface area (Å²) in [6.45, 7) is 6.35. The summed E-state index contributed by atoms with van der Waals surface area (Å²) >= 11 is 1.65. The van der Waals surface area contributed by atoms with E-state index < -0.39 is 0 Å². The predicted octanol–water partition coefficient (Wildman–Crippen LogP) is 2.06. The molecular formula is C9H16N2OS. The van der Waals surface area contributed by atoms with E-state index in [0.717, 1.165) is 5.13 Å². The summed E-state index contributed by atoms with van der Waals surface area (Å²) in [6, 6.07) is 0.0752. The minimum atomic E-state index is 0.0752. The quantitative estimate of drug-likeness (QED) is 0.782. The number of aromatic nitrogens is 1. The Morgan fingerprint density at radius 1 is 1.54 bits per heavy atom. The van der Waals surface area contributed by atoms with Crippen LogP contribution in [-0.2, 0) is 0 Å². The molecule has 0 radical (unpaired) electrons. The molecule has 0 fully saturated rings. The Kier molecular flexibility index (Phi) is 3.69. The number of nitrogens with zero attached hydrogens (tertiary/aromatic N) is 1. The van der Waals surface area contributed by atoms with Gasteiger partial charge < -0.3 is 10.4 Å². The predicted molar refractivity (Wildman–Crippen MR) is 56.4 cm³/mol. The van der Waals surface area contributed by atoms with E-state index in [2.05, 4.69) is 24.1 Å². The van der Waals surface area contributed by atoms with E-state index in [-0.39, 0.29) is 12.6 Å². The number of nitrogens with one attached hydrogen (secondary N) is 1. The number of anilines is 1. The largest absolute Gasteiger partial charge is 0.394 e. The first-order valence-electron chi connectivity index (χ1n) is 4.46. The first kappa shape index (κ1) is 10.5. The summed E-state index contributed by atoms with van der Waals surface area (Å²) in [4.78, 5) is 5.49. The molecule has 0 aromatic carbocycles. The first-order valence-corrected chi connectivity index (χ1v) is 5.28. The number of rotatable bonds is 4. The van der Waals surface area contributed by atoms with Crippen LogP contribution >= 0.6 is 11.3 Å². The summed E-state index contributed by atoms with van der Waals surface area (Å²) in [5.41, 5.74) is 0. The summed E-state index contributed by atoms with van der Waals surface area (Å²) in [7, 11) is 0. The van der Waals surface area contributed by atoms with Crippen molar-refractivity contribution in [2.75, 3.05) is 11.9 Å². The van der Waals surface area contributed by atoms with Crippen molar-refractivity contribution in [1.82, 2.24) is 4.98 Å². The lowest BCUT2D eigenvalue weighted by Crippen LogP contribution is -2.18. The van der Waals surface area contributed by atoms with E-state index in [1.54, 1.807) is 11.3 Å². The van der Waals surface area contributed by atoms with E-state index in [9.17, 15) is 0 Å². The third kappa shape index (κ3) is 2.97. The molecule has 1 unspecified atom stereocenters. The van der Waals surface area contributed by atoms with Crippen LogP contribution in [0.1, 0.15) is 31.6 Å². The van der Waals surface area contributed by atoms with E-state index in [1.807, 2.05) is 13.1 Å². The molecule has 13 heavy (non-hydrogen) atoms. The van der Waals surface area contributed by atoms with Crippen LogP contribution in [0.15, 0.2) is 6.20 Å². The number of hydrogen-bond donors (Lipinski definition) is 2. The summed E-state index contributed by atoms with van der Waals surface area (Å²) in [6.07, 6.45) is 1.89. The van der Waals surface area contributed by atoms with Crippen molar-refractivity contribution in [3.8, 4) is 0 Å². The molecule has 1 rings (SSSR count). The maximum atomic E-state index is 8.83. The molecule has 1 aromatic heterocycles. The number of aliphatic hydroxyl groups is 1. The van der Waals surface area contributed by atoms with Gasteiger partial charge in [0.2, 0.25) is 0 Å². The minimum Gasteiger partial charge on any atom is -0.394 e. The van der Waals surface area contributed by atoms with Gasteiger partial charge in [-0.15, -0.1) is 11.3 Å². The highest BCUT2D eigenvalue weighted by Gasteiger charge is 2.06. The van der Waals surface area contributed by atoms with Gasteiger partial charge in [-0.1, -0.05) is 13.8 Å². The standard InChI is InChI=1S/C9H16N2OS/c1-6(2)8-4-10-9(13-8)11-7(3)5-12/h4,6-7,12H,5H2,1-3H3,(H,10,11). The molecular weight excluding hydrogens is 184 g/mol. The van der Waals surface area contributed by atoms with Gasteiger partial charge >= 0.3 is 0 Å². The Bertz CT molecular complexity index is 260. The SMILES string of the molecule is CC(CO)Nc1ncc(C(C)C)s1. The number of thiazole rings is 1. The van der Waals surface area contributed by atoms with Crippen molar-refractivity contribution >= 4 is 16.5 Å². The highest BCUT2D eigenvalue weighted by molar-refractivity contribution is 7.15. The van der Waals surface area contributed by atoms with Crippen LogP contribution in [-0.4, -0.2) is 22.7 Å². The number of hydrogen-bond acceptors (Lipinski definition) is 4. The molecule has 0 saturated heterocycles. The van der Waals surface area contributed by atoms with Crippen molar-refractivity contribution < 1.29 is 5.11 Å². The average Bonchev–Trinajstić information content (AvgIpc) is 2.52. The zero-order valence-corrected chi connectivity index (χ0v) is 9.06. The number of aliphatic hydroxyl groups excluding tert-OH is 1. The Morgan fingerprint density at radius 2 is 2.23 bits per heavy atom. The van der Waals surface area contributed by atoms with Gasteiger partial charge in [-0.05, 0) is 12.8 Å². The molecule has 1 aromatic rings. The van der Waals surface area contributed by atoms with Gasteiger partial charge in [0.25, 0.3) is 0 Å². The lowest BCUT2D eigenvalue weighted by molar-refractivity contribution is 0.281. The second-order valence-electron chi connectivity index (χ2n) is 3.45. The van der Waals surface area contributed by atoms with E-state index >= 15 is 0 Å². The Morgan fingerprint density at radius 3 is 2.69 bits per heavy atom. The normalized spacial score (nSPS) is 13.3. The summed E-state index contributed by atoms with van der Waals surface area (Å²) in [5, 5.41) is 12.8. The van der Waals surface area contributed by atoms with Crippen molar-refractivity contribution in [2.45, 2.75) is 32.7 Å². The molecule has 0 spiro atoms. The van der Waals surface area contributed by atoms with Crippen molar-refractivity contribution in [2.24, 2.45) is 0 Å². The van der Waals surface area contributed by atoms with Gasteiger partial charge in [-0.25, -0.2) is 4.98 Å². The van der Waals surface area contributed by atoms with Crippen LogP contribution in [0, 0.1) is 0 Å². The van der Waals surface area contributed by atoms with Crippen LogP contribution in [0.25, 0.3) is 0 Å². The maximum absolute atomic E-state index is 8.83. The first-order chi connectivity index (χ1) is 6.13. The second-order valence-corrected chi connectivity index (χ2v) is 4.51. The minimum absolute atomic E-state index is 0.0752. The summed E-state index contributed by atoms with van der Waals surface area (Å²) in [5.74, 6) is 0.525. The van der Waals surface area contributed by atoms with Crippen LogP contribution in [0.2, 0.25) is 0 Å². The highest BCUT2D eigenvalue weighted by atomic mass is 32.1. The molecule has 0 saturated carbocycles. The van der Waals surface area contributed by atoms with Crippen LogP contribution in [0.4, 0.5) is 5.13 Å². The zero-order chi connectivity index (χ0) is 9.84. The van der Waals surface area contributed by atoms with Gasteiger partial charge in [-0.2, -0.15) is 0 Å². The molecule has 74 valence electrons. The molecule has 2 N–H and O–H groups in total. The topological polar surface area (TPSA) is 45.1 Å². The molecule has 3 nitrogen and oxygen atoms in total. The lowest BCUT2D eigenvalue weighted by Gasteiger charge is -2.07. The fraction of sp³-hybridized carbons (Fsp3) is 0.667. The smallest absolute Gasteiger partial charge is 0.183 e. The molecule has 1 atom stereocenters. The molecule has 1 heterocycles. The monoisotopic (exact) mass is 200 g/mol. The van der Waals surface area contributed by atoms with Gasteiger partial charge in [0.15, 0.2) is 5.13 Å². The third-order valence-corrected chi connectivity index (χ3v) is 2.97. The maximum Gasteiger partial charge on any atom is 0.183 e. The van der Waals surface area contributed by atoms with Crippen LogP contribution in [0.3, 0.4) is 0 Å².